The highest BCUT2D eigenvalue weighted by atomic mass is 15.2. The molecule has 4 nitrogen and oxygen atoms in total. The van der Waals surface area contributed by atoms with Crippen molar-refractivity contribution in [1.82, 2.24) is 15.0 Å². The summed E-state index contributed by atoms with van der Waals surface area (Å²) >= 11 is 0. The normalized spacial score (nSPS) is 10.8. The number of rotatable bonds is 7. The molecule has 44 heavy (non-hydrogen) atoms. The maximum Gasteiger partial charge on any atom is 0.166 e. The van der Waals surface area contributed by atoms with Crippen molar-refractivity contribution in [2.75, 3.05) is 4.90 Å². The quantitative estimate of drug-likeness (QED) is 0.192. The van der Waals surface area contributed by atoms with Crippen molar-refractivity contribution in [3.8, 4) is 45.3 Å². The minimum atomic E-state index is 0.617. The van der Waals surface area contributed by atoms with Crippen molar-refractivity contribution in [3.05, 3.63) is 169 Å². The fourth-order valence-corrected chi connectivity index (χ4v) is 5.34. The van der Waals surface area contributed by atoms with E-state index in [1.807, 2.05) is 72.8 Å². The molecule has 0 spiro atoms. The van der Waals surface area contributed by atoms with Crippen LogP contribution in [0.4, 0.5) is 17.1 Å². The lowest BCUT2D eigenvalue weighted by atomic mass is 10.0. The van der Waals surface area contributed by atoms with E-state index in [0.29, 0.717) is 17.5 Å². The Labute approximate surface area is 258 Å². The van der Waals surface area contributed by atoms with Crippen LogP contribution >= 0.6 is 0 Å². The van der Waals surface area contributed by atoms with Crippen molar-refractivity contribution < 1.29 is 0 Å². The van der Waals surface area contributed by atoms with Gasteiger partial charge < -0.3 is 4.90 Å². The van der Waals surface area contributed by atoms with Crippen molar-refractivity contribution in [2.45, 2.75) is 6.92 Å². The summed E-state index contributed by atoms with van der Waals surface area (Å²) in [6.07, 6.45) is 0. The number of nitrogens with zero attached hydrogens (tertiary/aromatic N) is 4. The van der Waals surface area contributed by atoms with Gasteiger partial charge in [0.05, 0.1) is 5.69 Å². The van der Waals surface area contributed by atoms with E-state index < -0.39 is 0 Å². The third kappa shape index (κ3) is 5.61. The molecule has 0 amide bonds. The molecule has 7 rings (SSSR count). The van der Waals surface area contributed by atoms with Gasteiger partial charge in [0.1, 0.15) is 0 Å². The van der Waals surface area contributed by atoms with E-state index in [0.717, 1.165) is 33.8 Å². The summed E-state index contributed by atoms with van der Waals surface area (Å²) in [5.41, 5.74) is 9.44. The number of anilines is 3. The molecule has 0 atom stereocenters. The van der Waals surface area contributed by atoms with E-state index in [9.17, 15) is 0 Å². The van der Waals surface area contributed by atoms with Gasteiger partial charge in [0, 0.05) is 28.1 Å². The molecular weight excluding hydrogens is 536 g/mol. The fraction of sp³-hybridized carbons (Fsp3) is 0.0250. The monoisotopic (exact) mass is 566 g/mol. The number of hydrogen-bond acceptors (Lipinski definition) is 4. The van der Waals surface area contributed by atoms with E-state index in [4.69, 9.17) is 15.0 Å². The Morgan fingerprint density at radius 1 is 0.364 bits per heavy atom. The van der Waals surface area contributed by atoms with E-state index in [1.165, 1.54) is 16.7 Å². The van der Waals surface area contributed by atoms with Gasteiger partial charge in [-0.05, 0) is 54.4 Å². The topological polar surface area (TPSA) is 41.9 Å². The lowest BCUT2D eigenvalue weighted by Gasteiger charge is -2.28. The lowest BCUT2D eigenvalue weighted by molar-refractivity contribution is 1.07. The molecule has 6 aromatic carbocycles. The van der Waals surface area contributed by atoms with Gasteiger partial charge in [-0.25, -0.2) is 15.0 Å². The van der Waals surface area contributed by atoms with Crippen LogP contribution in [0.15, 0.2) is 164 Å². The third-order valence-electron chi connectivity index (χ3n) is 7.61. The van der Waals surface area contributed by atoms with Crippen molar-refractivity contribution in [3.63, 3.8) is 0 Å². The third-order valence-corrected chi connectivity index (χ3v) is 7.61. The van der Waals surface area contributed by atoms with Crippen LogP contribution in [0.2, 0.25) is 0 Å². The maximum absolute atomic E-state index is 5.05. The summed E-state index contributed by atoms with van der Waals surface area (Å²) in [4.78, 5) is 17.3. The van der Waals surface area contributed by atoms with Gasteiger partial charge in [-0.3, -0.25) is 0 Å². The van der Waals surface area contributed by atoms with E-state index in [2.05, 4.69) is 103 Å². The second-order valence-electron chi connectivity index (χ2n) is 10.6. The Hall–Kier alpha value is -5.87. The van der Waals surface area contributed by atoms with Gasteiger partial charge in [-0.2, -0.15) is 0 Å². The molecular formula is C40H30N4. The maximum atomic E-state index is 5.05. The standard InChI is InChI=1S/C40H30N4/c1-29-21-25-34(26-22-29)44(35-27-23-31(24-28-35)30-13-5-2-6-14-30)37-20-12-11-19-36(37)40-42-38(32-15-7-3-8-16-32)41-39(43-40)33-17-9-4-10-18-33/h2-28H,1H3. The van der Waals surface area contributed by atoms with Crippen LogP contribution in [0, 0.1) is 6.92 Å². The highest BCUT2D eigenvalue weighted by Gasteiger charge is 2.20. The lowest BCUT2D eigenvalue weighted by Crippen LogP contribution is -2.12. The summed E-state index contributed by atoms with van der Waals surface area (Å²) < 4.78 is 0. The van der Waals surface area contributed by atoms with Crippen LogP contribution < -0.4 is 4.90 Å². The van der Waals surface area contributed by atoms with Crippen LogP contribution in [0.25, 0.3) is 45.3 Å². The highest BCUT2D eigenvalue weighted by Crippen LogP contribution is 2.41. The Kier molecular flexibility index (Phi) is 7.46. The molecule has 0 fully saturated rings. The molecule has 0 unspecified atom stereocenters. The smallest absolute Gasteiger partial charge is 0.166 e. The van der Waals surface area contributed by atoms with Crippen molar-refractivity contribution in [1.29, 1.82) is 0 Å². The first-order valence-electron chi connectivity index (χ1n) is 14.7. The molecule has 0 saturated heterocycles. The molecule has 0 aliphatic rings. The number of hydrogen-bond donors (Lipinski definition) is 0. The summed E-state index contributed by atoms with van der Waals surface area (Å²) in [7, 11) is 0. The van der Waals surface area contributed by atoms with Gasteiger partial charge in [0.25, 0.3) is 0 Å². The van der Waals surface area contributed by atoms with E-state index in [1.54, 1.807) is 0 Å². The first kappa shape index (κ1) is 27.0. The molecule has 0 saturated carbocycles. The second kappa shape index (κ2) is 12.2. The van der Waals surface area contributed by atoms with Crippen LogP contribution in [0.3, 0.4) is 0 Å². The van der Waals surface area contributed by atoms with Gasteiger partial charge in [-0.15, -0.1) is 0 Å². The summed E-state index contributed by atoms with van der Waals surface area (Å²) in [5.74, 6) is 1.89. The number of aryl methyl sites for hydroxylation is 1. The molecule has 4 heteroatoms. The molecule has 0 aliphatic heterocycles. The molecule has 1 aromatic heterocycles. The zero-order valence-corrected chi connectivity index (χ0v) is 24.4. The zero-order chi connectivity index (χ0) is 29.7. The largest absolute Gasteiger partial charge is 0.310 e. The second-order valence-corrected chi connectivity index (χ2v) is 10.6. The molecule has 0 N–H and O–H groups in total. The molecule has 210 valence electrons. The van der Waals surface area contributed by atoms with E-state index >= 15 is 0 Å². The Bertz CT molecular complexity index is 1930. The predicted octanol–water partition coefficient (Wildman–Crippen LogP) is 10.3. The number of benzene rings is 6. The minimum Gasteiger partial charge on any atom is -0.310 e. The molecule has 1 heterocycles. The van der Waals surface area contributed by atoms with Gasteiger partial charge in [0.15, 0.2) is 17.5 Å². The molecule has 0 bridgehead atoms. The van der Waals surface area contributed by atoms with Gasteiger partial charge in [-0.1, -0.05) is 133 Å². The van der Waals surface area contributed by atoms with Gasteiger partial charge in [0.2, 0.25) is 0 Å². The highest BCUT2D eigenvalue weighted by molar-refractivity contribution is 5.87. The number of aromatic nitrogens is 3. The summed E-state index contributed by atoms with van der Waals surface area (Å²) in [6.45, 7) is 2.11. The first-order chi connectivity index (χ1) is 21.7. The SMILES string of the molecule is Cc1ccc(N(c2ccc(-c3ccccc3)cc2)c2ccccc2-c2nc(-c3ccccc3)nc(-c3ccccc3)n2)cc1. The number of para-hydroxylation sites is 1. The zero-order valence-electron chi connectivity index (χ0n) is 24.4. The molecule has 0 radical (unpaired) electrons. The Balaban J connectivity index is 1.41. The predicted molar refractivity (Wildman–Crippen MR) is 181 cm³/mol. The van der Waals surface area contributed by atoms with Crippen LogP contribution in [-0.2, 0) is 0 Å². The summed E-state index contributed by atoms with van der Waals surface area (Å²) in [5, 5.41) is 0. The Morgan fingerprint density at radius 2 is 0.773 bits per heavy atom. The average Bonchev–Trinajstić information content (AvgIpc) is 3.11. The molecule has 7 aromatic rings. The van der Waals surface area contributed by atoms with E-state index in [-0.39, 0.29) is 0 Å². The molecule has 0 aliphatic carbocycles. The van der Waals surface area contributed by atoms with Crippen molar-refractivity contribution >= 4 is 17.1 Å². The minimum absolute atomic E-state index is 0.617. The van der Waals surface area contributed by atoms with Crippen LogP contribution in [-0.4, -0.2) is 15.0 Å². The first-order valence-corrected chi connectivity index (χ1v) is 14.7. The average molecular weight is 567 g/mol. The Morgan fingerprint density at radius 3 is 1.32 bits per heavy atom. The fourth-order valence-electron chi connectivity index (χ4n) is 5.34. The van der Waals surface area contributed by atoms with Crippen molar-refractivity contribution in [2.24, 2.45) is 0 Å². The van der Waals surface area contributed by atoms with Gasteiger partial charge >= 0.3 is 0 Å². The van der Waals surface area contributed by atoms with Crippen LogP contribution in [0.5, 0.6) is 0 Å². The summed E-state index contributed by atoms with van der Waals surface area (Å²) in [6, 6.07) is 56.3. The van der Waals surface area contributed by atoms with Crippen LogP contribution in [0.1, 0.15) is 5.56 Å².